The largest absolute Gasteiger partial charge is 0.371 e. The molecule has 1 saturated heterocycles. The Morgan fingerprint density at radius 1 is 1.53 bits per heavy atom. The van der Waals surface area contributed by atoms with Crippen molar-refractivity contribution in [1.29, 1.82) is 0 Å². The highest BCUT2D eigenvalue weighted by Crippen LogP contribution is 2.26. The minimum atomic E-state index is 0.214. The molecule has 1 aliphatic rings. The fraction of sp³-hybridized carbons (Fsp3) is 0.500. The molecule has 0 bridgehead atoms. The highest BCUT2D eigenvalue weighted by molar-refractivity contribution is 9.10. The van der Waals surface area contributed by atoms with Crippen LogP contribution in [-0.4, -0.2) is 19.7 Å². The summed E-state index contributed by atoms with van der Waals surface area (Å²) in [6.45, 7) is 4.87. The molecule has 15 heavy (non-hydrogen) atoms. The van der Waals surface area contributed by atoms with Crippen LogP contribution in [0.25, 0.3) is 0 Å². The van der Waals surface area contributed by atoms with E-state index in [-0.39, 0.29) is 6.10 Å². The molecule has 1 heterocycles. The maximum Gasteiger partial charge on any atom is 0.0952 e. The van der Waals surface area contributed by atoms with Gasteiger partial charge in [-0.25, -0.2) is 0 Å². The van der Waals surface area contributed by atoms with Gasteiger partial charge in [0.2, 0.25) is 0 Å². The lowest BCUT2D eigenvalue weighted by Crippen LogP contribution is -2.33. The third-order valence-electron chi connectivity index (χ3n) is 2.76. The van der Waals surface area contributed by atoms with Crippen LogP contribution in [-0.2, 0) is 11.2 Å². The second-order valence-corrected chi connectivity index (χ2v) is 4.68. The van der Waals surface area contributed by atoms with Crippen molar-refractivity contribution >= 4 is 15.9 Å². The molecule has 1 aliphatic heterocycles. The minimum absolute atomic E-state index is 0.214. The molecule has 0 aliphatic carbocycles. The van der Waals surface area contributed by atoms with E-state index in [0.717, 1.165) is 30.6 Å². The predicted octanol–water partition coefficient (Wildman–Crippen LogP) is 2.67. The lowest BCUT2D eigenvalue weighted by molar-refractivity contribution is 0.0271. The van der Waals surface area contributed by atoms with Crippen LogP contribution in [0.2, 0.25) is 0 Å². The number of rotatable bonds is 2. The summed E-state index contributed by atoms with van der Waals surface area (Å²) in [5.41, 5.74) is 2.70. The van der Waals surface area contributed by atoms with Gasteiger partial charge in [-0.3, -0.25) is 0 Å². The summed E-state index contributed by atoms with van der Waals surface area (Å²) in [6, 6.07) is 6.45. The predicted molar refractivity (Wildman–Crippen MR) is 65.1 cm³/mol. The number of nitrogens with one attached hydrogen (secondary N) is 1. The summed E-state index contributed by atoms with van der Waals surface area (Å²) in [5, 5.41) is 3.36. The van der Waals surface area contributed by atoms with Gasteiger partial charge in [0.15, 0.2) is 0 Å². The van der Waals surface area contributed by atoms with Gasteiger partial charge in [0.05, 0.1) is 12.7 Å². The van der Waals surface area contributed by atoms with E-state index in [2.05, 4.69) is 46.4 Å². The van der Waals surface area contributed by atoms with E-state index in [1.165, 1.54) is 11.1 Å². The van der Waals surface area contributed by atoms with Gasteiger partial charge in [-0.15, -0.1) is 0 Å². The van der Waals surface area contributed by atoms with Crippen LogP contribution in [0, 0.1) is 0 Å². The molecule has 1 aromatic carbocycles. The first-order valence-electron chi connectivity index (χ1n) is 5.42. The van der Waals surface area contributed by atoms with Crippen LogP contribution >= 0.6 is 15.9 Å². The third-order valence-corrected chi connectivity index (χ3v) is 3.26. The van der Waals surface area contributed by atoms with Gasteiger partial charge in [-0.2, -0.15) is 0 Å². The Labute approximate surface area is 99.1 Å². The number of ether oxygens (including phenoxy) is 1. The van der Waals surface area contributed by atoms with Crippen LogP contribution in [0.1, 0.15) is 24.2 Å². The van der Waals surface area contributed by atoms with E-state index < -0.39 is 0 Å². The Morgan fingerprint density at radius 2 is 2.40 bits per heavy atom. The molecule has 0 aromatic heterocycles. The second kappa shape index (κ2) is 5.10. The van der Waals surface area contributed by atoms with Gasteiger partial charge in [-0.1, -0.05) is 28.9 Å². The standard InChI is InChI=1S/C12H16BrNO/c1-2-9-3-4-10(13)7-11(9)12-8-14-5-6-15-12/h3-4,7,12,14H,2,5-6,8H2,1H3. The van der Waals surface area contributed by atoms with E-state index in [0.29, 0.717) is 0 Å². The summed E-state index contributed by atoms with van der Waals surface area (Å²) in [4.78, 5) is 0. The van der Waals surface area contributed by atoms with Crippen LogP contribution in [0.3, 0.4) is 0 Å². The van der Waals surface area contributed by atoms with Crippen LogP contribution in [0.15, 0.2) is 22.7 Å². The normalized spacial score (nSPS) is 21.6. The van der Waals surface area contributed by atoms with Crippen LogP contribution in [0.5, 0.6) is 0 Å². The highest BCUT2D eigenvalue weighted by atomic mass is 79.9. The minimum Gasteiger partial charge on any atom is -0.371 e. The topological polar surface area (TPSA) is 21.3 Å². The smallest absolute Gasteiger partial charge is 0.0952 e. The Bertz CT molecular complexity index is 334. The fourth-order valence-corrected chi connectivity index (χ4v) is 2.33. The number of halogens is 1. The lowest BCUT2D eigenvalue weighted by Gasteiger charge is -2.25. The Kier molecular flexibility index (Phi) is 3.78. The molecule has 2 nitrogen and oxygen atoms in total. The first-order chi connectivity index (χ1) is 7.31. The van der Waals surface area contributed by atoms with E-state index >= 15 is 0 Å². The molecule has 1 atom stereocenters. The van der Waals surface area contributed by atoms with Crippen molar-refractivity contribution in [2.24, 2.45) is 0 Å². The highest BCUT2D eigenvalue weighted by Gasteiger charge is 2.18. The Balaban J connectivity index is 2.27. The zero-order valence-corrected chi connectivity index (χ0v) is 10.5. The average Bonchev–Trinajstić information content (AvgIpc) is 2.30. The first-order valence-corrected chi connectivity index (χ1v) is 6.21. The monoisotopic (exact) mass is 269 g/mol. The van der Waals surface area contributed by atoms with E-state index in [9.17, 15) is 0 Å². The molecule has 1 aromatic rings. The molecular formula is C12H16BrNO. The van der Waals surface area contributed by atoms with Gasteiger partial charge >= 0.3 is 0 Å². The average molecular weight is 270 g/mol. The van der Waals surface area contributed by atoms with E-state index in [1.54, 1.807) is 0 Å². The van der Waals surface area contributed by atoms with E-state index in [4.69, 9.17) is 4.74 Å². The molecule has 3 heteroatoms. The van der Waals surface area contributed by atoms with Crippen molar-refractivity contribution < 1.29 is 4.74 Å². The Morgan fingerprint density at radius 3 is 3.07 bits per heavy atom. The number of hydrogen-bond donors (Lipinski definition) is 1. The van der Waals surface area contributed by atoms with Gasteiger partial charge < -0.3 is 10.1 Å². The summed E-state index contributed by atoms with van der Waals surface area (Å²) in [5.74, 6) is 0. The number of hydrogen-bond acceptors (Lipinski definition) is 2. The maximum atomic E-state index is 5.78. The quantitative estimate of drug-likeness (QED) is 0.892. The lowest BCUT2D eigenvalue weighted by atomic mass is 10.00. The van der Waals surface area contributed by atoms with E-state index in [1.807, 2.05) is 0 Å². The SMILES string of the molecule is CCc1ccc(Br)cc1C1CNCCO1. The van der Waals surface area contributed by atoms with Gasteiger partial charge in [0.1, 0.15) is 0 Å². The second-order valence-electron chi connectivity index (χ2n) is 3.76. The molecule has 0 spiro atoms. The molecular weight excluding hydrogens is 254 g/mol. The van der Waals surface area contributed by atoms with Crippen molar-refractivity contribution in [3.63, 3.8) is 0 Å². The summed E-state index contributed by atoms with van der Waals surface area (Å²) < 4.78 is 6.91. The van der Waals surface area contributed by atoms with Crippen molar-refractivity contribution in [2.45, 2.75) is 19.4 Å². The molecule has 1 N–H and O–H groups in total. The van der Waals surface area contributed by atoms with Crippen molar-refractivity contribution in [1.82, 2.24) is 5.32 Å². The number of morpholine rings is 1. The summed E-state index contributed by atoms with van der Waals surface area (Å²) in [6.07, 6.45) is 1.27. The molecule has 82 valence electrons. The summed E-state index contributed by atoms with van der Waals surface area (Å²) in [7, 11) is 0. The van der Waals surface area contributed by atoms with Gasteiger partial charge in [0, 0.05) is 17.6 Å². The molecule has 0 saturated carbocycles. The summed E-state index contributed by atoms with van der Waals surface area (Å²) >= 11 is 3.52. The van der Waals surface area contributed by atoms with Crippen molar-refractivity contribution in [3.05, 3.63) is 33.8 Å². The molecule has 1 fully saturated rings. The molecule has 0 amide bonds. The number of benzene rings is 1. The Hall–Kier alpha value is -0.380. The fourth-order valence-electron chi connectivity index (χ4n) is 1.95. The molecule has 0 radical (unpaired) electrons. The number of aryl methyl sites for hydroxylation is 1. The van der Waals surface area contributed by atoms with Crippen molar-refractivity contribution in [2.75, 3.05) is 19.7 Å². The van der Waals surface area contributed by atoms with Crippen molar-refractivity contribution in [3.8, 4) is 0 Å². The van der Waals surface area contributed by atoms with Gasteiger partial charge in [0.25, 0.3) is 0 Å². The first kappa shape index (κ1) is 11.1. The molecule has 2 rings (SSSR count). The van der Waals surface area contributed by atoms with Gasteiger partial charge in [-0.05, 0) is 29.7 Å². The molecule has 1 unspecified atom stereocenters. The van der Waals surface area contributed by atoms with Crippen LogP contribution in [0.4, 0.5) is 0 Å². The van der Waals surface area contributed by atoms with Crippen LogP contribution < -0.4 is 5.32 Å². The third kappa shape index (κ3) is 2.60. The zero-order valence-electron chi connectivity index (χ0n) is 8.92. The zero-order chi connectivity index (χ0) is 10.7. The maximum absolute atomic E-state index is 5.78.